The van der Waals surface area contributed by atoms with E-state index in [9.17, 15) is 18.0 Å². The van der Waals surface area contributed by atoms with Crippen LogP contribution in [0.4, 0.5) is 0 Å². The number of hydrogen-bond acceptors (Lipinski definition) is 5. The first kappa shape index (κ1) is 19.3. The number of benzene rings is 1. The molecule has 1 aromatic rings. The van der Waals surface area contributed by atoms with Crippen LogP contribution in [-0.4, -0.2) is 56.6 Å². The van der Waals surface area contributed by atoms with Gasteiger partial charge in [0.2, 0.25) is 11.8 Å². The van der Waals surface area contributed by atoms with Crippen molar-refractivity contribution in [3.63, 3.8) is 0 Å². The summed E-state index contributed by atoms with van der Waals surface area (Å²) in [6, 6.07) is 6.63. The monoisotopic (exact) mass is 392 g/mol. The van der Waals surface area contributed by atoms with E-state index in [-0.39, 0.29) is 41.6 Å². The van der Waals surface area contributed by atoms with Crippen LogP contribution >= 0.6 is 0 Å². The van der Waals surface area contributed by atoms with E-state index in [1.165, 1.54) is 6.07 Å². The van der Waals surface area contributed by atoms with Crippen LogP contribution < -0.4 is 10.0 Å². The van der Waals surface area contributed by atoms with Gasteiger partial charge in [-0.2, -0.15) is 0 Å². The van der Waals surface area contributed by atoms with Gasteiger partial charge in [-0.25, -0.2) is 8.42 Å². The minimum Gasteiger partial charge on any atom is -0.352 e. The van der Waals surface area contributed by atoms with Crippen molar-refractivity contribution in [3.05, 3.63) is 29.8 Å². The van der Waals surface area contributed by atoms with Crippen molar-refractivity contribution in [1.29, 1.82) is 0 Å². The molecule has 0 bridgehead atoms. The SMILES string of the molecule is CCC(=O)NC1CCCN(C(=O)CCN=C2NS(=O)(=O)c3ccccc32)C1. The highest BCUT2D eigenvalue weighted by Gasteiger charge is 2.30. The molecule has 2 aliphatic heterocycles. The predicted molar refractivity (Wildman–Crippen MR) is 101 cm³/mol. The van der Waals surface area contributed by atoms with E-state index in [1.807, 2.05) is 0 Å². The summed E-state index contributed by atoms with van der Waals surface area (Å²) in [4.78, 5) is 30.2. The summed E-state index contributed by atoms with van der Waals surface area (Å²) in [5.41, 5.74) is 0.533. The van der Waals surface area contributed by atoms with Gasteiger partial charge in [0.15, 0.2) is 0 Å². The van der Waals surface area contributed by atoms with Gasteiger partial charge in [0, 0.05) is 37.5 Å². The summed E-state index contributed by atoms with van der Waals surface area (Å²) < 4.78 is 26.5. The smallest absolute Gasteiger partial charge is 0.263 e. The lowest BCUT2D eigenvalue weighted by Crippen LogP contribution is -2.49. The fourth-order valence-electron chi connectivity index (χ4n) is 3.32. The molecule has 0 spiro atoms. The van der Waals surface area contributed by atoms with Gasteiger partial charge in [-0.15, -0.1) is 0 Å². The number of nitrogens with one attached hydrogen (secondary N) is 2. The molecular weight excluding hydrogens is 368 g/mol. The molecule has 1 atom stereocenters. The number of aliphatic imine (C=N–C) groups is 1. The van der Waals surface area contributed by atoms with E-state index in [2.05, 4.69) is 15.0 Å². The van der Waals surface area contributed by atoms with Gasteiger partial charge in [-0.1, -0.05) is 19.1 Å². The minimum atomic E-state index is -3.56. The van der Waals surface area contributed by atoms with Gasteiger partial charge in [0.05, 0.1) is 11.4 Å². The number of hydrogen-bond donors (Lipinski definition) is 2. The number of nitrogens with zero attached hydrogens (tertiary/aromatic N) is 2. The number of fused-ring (bicyclic) bond motifs is 1. The van der Waals surface area contributed by atoms with Crippen LogP contribution in [0.3, 0.4) is 0 Å². The van der Waals surface area contributed by atoms with Crippen molar-refractivity contribution >= 4 is 27.7 Å². The maximum Gasteiger partial charge on any atom is 0.263 e. The normalized spacial score (nSPS) is 22.2. The second-order valence-corrected chi connectivity index (χ2v) is 8.33. The van der Waals surface area contributed by atoms with Gasteiger partial charge >= 0.3 is 0 Å². The minimum absolute atomic E-state index is 0.00465. The third-order valence-corrected chi connectivity index (χ3v) is 6.12. The first-order valence-electron chi connectivity index (χ1n) is 9.14. The molecule has 2 heterocycles. The van der Waals surface area contributed by atoms with Crippen molar-refractivity contribution < 1.29 is 18.0 Å². The summed E-state index contributed by atoms with van der Waals surface area (Å²) in [5.74, 6) is 0.238. The molecule has 0 aromatic heterocycles. The molecule has 2 N–H and O–H groups in total. The molecule has 9 heteroatoms. The average Bonchev–Trinajstić information content (AvgIpc) is 2.92. The summed E-state index contributed by atoms with van der Waals surface area (Å²) in [6.45, 7) is 3.18. The molecule has 27 heavy (non-hydrogen) atoms. The molecule has 0 saturated carbocycles. The zero-order valence-corrected chi connectivity index (χ0v) is 16.1. The van der Waals surface area contributed by atoms with Crippen molar-refractivity contribution in [2.75, 3.05) is 19.6 Å². The largest absolute Gasteiger partial charge is 0.352 e. The number of amides is 2. The van der Waals surface area contributed by atoms with Gasteiger partial charge in [0.25, 0.3) is 10.0 Å². The Balaban J connectivity index is 1.57. The van der Waals surface area contributed by atoms with Crippen molar-refractivity contribution in [3.8, 4) is 0 Å². The number of sulfonamides is 1. The zero-order valence-electron chi connectivity index (χ0n) is 15.3. The maximum atomic E-state index is 12.5. The fraction of sp³-hybridized carbons (Fsp3) is 0.500. The molecule has 1 unspecified atom stereocenters. The number of carbonyl (C=O) groups is 2. The van der Waals surface area contributed by atoms with Gasteiger partial charge < -0.3 is 10.2 Å². The lowest BCUT2D eigenvalue weighted by molar-refractivity contribution is -0.133. The molecule has 1 fully saturated rings. The predicted octanol–water partition coefficient (Wildman–Crippen LogP) is 0.632. The number of piperidine rings is 1. The molecule has 8 nitrogen and oxygen atoms in total. The van der Waals surface area contributed by atoms with E-state index < -0.39 is 10.0 Å². The summed E-state index contributed by atoms with van der Waals surface area (Å²) in [6.07, 6.45) is 2.35. The molecule has 2 aliphatic rings. The van der Waals surface area contributed by atoms with Gasteiger partial charge in [-0.05, 0) is 25.0 Å². The van der Waals surface area contributed by atoms with E-state index in [1.54, 1.807) is 30.0 Å². The lowest BCUT2D eigenvalue weighted by atomic mass is 10.1. The Morgan fingerprint density at radius 3 is 2.89 bits per heavy atom. The second kappa shape index (κ2) is 8.08. The molecular formula is C18H24N4O4S. The van der Waals surface area contributed by atoms with Crippen LogP contribution in [0.5, 0.6) is 0 Å². The van der Waals surface area contributed by atoms with Crippen LogP contribution in [0.25, 0.3) is 0 Å². The highest BCUT2D eigenvalue weighted by atomic mass is 32.2. The second-order valence-electron chi connectivity index (χ2n) is 6.68. The summed E-state index contributed by atoms with van der Waals surface area (Å²) >= 11 is 0. The van der Waals surface area contributed by atoms with E-state index in [4.69, 9.17) is 0 Å². The molecule has 0 aliphatic carbocycles. The number of likely N-dealkylation sites (tertiary alicyclic amines) is 1. The van der Waals surface area contributed by atoms with E-state index >= 15 is 0 Å². The third kappa shape index (κ3) is 4.47. The maximum absolute atomic E-state index is 12.5. The molecule has 3 rings (SSSR count). The Kier molecular flexibility index (Phi) is 5.79. The van der Waals surface area contributed by atoms with Crippen LogP contribution in [0.1, 0.15) is 38.2 Å². The topological polar surface area (TPSA) is 108 Å². The number of rotatable bonds is 5. The fourth-order valence-corrected chi connectivity index (χ4v) is 4.57. The van der Waals surface area contributed by atoms with Crippen LogP contribution in [0.15, 0.2) is 34.2 Å². The quantitative estimate of drug-likeness (QED) is 0.766. The van der Waals surface area contributed by atoms with Crippen molar-refractivity contribution in [1.82, 2.24) is 14.9 Å². The van der Waals surface area contributed by atoms with Crippen LogP contribution in [0.2, 0.25) is 0 Å². The Morgan fingerprint density at radius 2 is 2.11 bits per heavy atom. The van der Waals surface area contributed by atoms with E-state index in [0.29, 0.717) is 25.1 Å². The molecule has 2 amide bonds. The standard InChI is InChI=1S/C18H24N4O4S/c1-2-16(23)20-13-6-5-11-22(12-13)17(24)9-10-19-18-14-7-3-4-8-15(14)27(25,26)21-18/h3-4,7-8,13H,2,5-6,9-12H2,1H3,(H,19,21)(H,20,23). The van der Waals surface area contributed by atoms with E-state index in [0.717, 1.165) is 12.8 Å². The highest BCUT2D eigenvalue weighted by Crippen LogP contribution is 2.22. The molecule has 146 valence electrons. The average molecular weight is 392 g/mol. The first-order chi connectivity index (χ1) is 12.9. The number of carbonyl (C=O) groups excluding carboxylic acids is 2. The zero-order chi connectivity index (χ0) is 19.4. The first-order valence-corrected chi connectivity index (χ1v) is 10.6. The van der Waals surface area contributed by atoms with Gasteiger partial charge in [-0.3, -0.25) is 19.3 Å². The number of amidine groups is 1. The Labute approximate surface area is 159 Å². The van der Waals surface area contributed by atoms with Crippen LogP contribution in [0, 0.1) is 0 Å². The van der Waals surface area contributed by atoms with Crippen molar-refractivity contribution in [2.45, 2.75) is 43.5 Å². The Hall–Kier alpha value is -2.42. The molecule has 1 aromatic carbocycles. The van der Waals surface area contributed by atoms with Crippen molar-refractivity contribution in [2.24, 2.45) is 4.99 Å². The Morgan fingerprint density at radius 1 is 1.33 bits per heavy atom. The summed E-state index contributed by atoms with van der Waals surface area (Å²) in [7, 11) is -3.56. The Bertz CT molecular complexity index is 866. The third-order valence-electron chi connectivity index (χ3n) is 4.72. The lowest BCUT2D eigenvalue weighted by Gasteiger charge is -2.33. The van der Waals surface area contributed by atoms with Gasteiger partial charge in [0.1, 0.15) is 5.84 Å². The molecule has 1 saturated heterocycles. The summed E-state index contributed by atoms with van der Waals surface area (Å²) in [5, 5.41) is 2.94. The van der Waals surface area contributed by atoms with Crippen LogP contribution in [-0.2, 0) is 19.6 Å². The highest BCUT2D eigenvalue weighted by molar-refractivity contribution is 7.90. The molecule has 0 radical (unpaired) electrons.